The normalized spacial score (nSPS) is 10.8. The lowest BCUT2D eigenvalue weighted by Crippen LogP contribution is -2.31. The molecule has 0 radical (unpaired) electrons. The van der Waals surface area contributed by atoms with Gasteiger partial charge < -0.3 is 9.47 Å². The van der Waals surface area contributed by atoms with Crippen molar-refractivity contribution in [1.82, 2.24) is 9.97 Å². The number of anilines is 1. The maximum atomic E-state index is 13.3. The second-order valence-electron chi connectivity index (χ2n) is 6.92. The molecule has 0 spiro atoms. The highest BCUT2D eigenvalue weighted by molar-refractivity contribution is 7.22. The Morgan fingerprint density at radius 2 is 1.87 bits per heavy atom. The summed E-state index contributed by atoms with van der Waals surface area (Å²) < 4.78 is 11.8. The van der Waals surface area contributed by atoms with E-state index in [1.54, 1.807) is 24.4 Å². The molecule has 4 rings (SSSR count). The number of benzene rings is 2. The second-order valence-corrected chi connectivity index (χ2v) is 7.93. The Balaban J connectivity index is 1.62. The number of pyridine rings is 1. The van der Waals surface area contributed by atoms with Crippen LogP contribution in [-0.4, -0.2) is 29.6 Å². The summed E-state index contributed by atoms with van der Waals surface area (Å²) in [5.74, 6) is 1.53. The lowest BCUT2D eigenvalue weighted by atomic mass is 10.1. The van der Waals surface area contributed by atoms with Crippen LogP contribution in [0.4, 0.5) is 5.13 Å². The number of fused-ring (bicyclic) bond motifs is 1. The number of rotatable bonds is 8. The van der Waals surface area contributed by atoms with Gasteiger partial charge in [0.2, 0.25) is 5.91 Å². The highest BCUT2D eigenvalue weighted by Crippen LogP contribution is 2.32. The zero-order valence-electron chi connectivity index (χ0n) is 17.4. The predicted octanol–water partition coefficient (Wildman–Crippen LogP) is 4.87. The fraction of sp³-hybridized carbons (Fsp3) is 0.208. The highest BCUT2D eigenvalue weighted by Gasteiger charge is 2.21. The van der Waals surface area contributed by atoms with Gasteiger partial charge in [0.05, 0.1) is 36.9 Å². The van der Waals surface area contributed by atoms with Crippen molar-refractivity contribution < 1.29 is 14.3 Å². The molecule has 2 aromatic heterocycles. The summed E-state index contributed by atoms with van der Waals surface area (Å²) in [6, 6.07) is 17.2. The van der Waals surface area contributed by atoms with Crippen LogP contribution in [0.2, 0.25) is 0 Å². The van der Waals surface area contributed by atoms with E-state index in [0.29, 0.717) is 18.3 Å². The number of carbonyl (C=O) groups excluding carboxylic acids is 1. The van der Waals surface area contributed by atoms with E-state index in [1.807, 2.05) is 61.5 Å². The summed E-state index contributed by atoms with van der Waals surface area (Å²) in [6.45, 7) is 2.96. The molecule has 1 amide bonds. The molecule has 7 heteroatoms. The van der Waals surface area contributed by atoms with Gasteiger partial charge in [0.1, 0.15) is 11.5 Å². The lowest BCUT2D eigenvalue weighted by Gasteiger charge is -2.20. The van der Waals surface area contributed by atoms with Gasteiger partial charge in [0.25, 0.3) is 0 Å². The smallest absolute Gasteiger partial charge is 0.233 e. The molecule has 31 heavy (non-hydrogen) atoms. The maximum Gasteiger partial charge on any atom is 0.233 e. The fourth-order valence-electron chi connectivity index (χ4n) is 3.21. The van der Waals surface area contributed by atoms with Gasteiger partial charge in [-0.05, 0) is 54.4 Å². The summed E-state index contributed by atoms with van der Waals surface area (Å²) >= 11 is 1.48. The Morgan fingerprint density at radius 3 is 2.58 bits per heavy atom. The Kier molecular flexibility index (Phi) is 6.43. The van der Waals surface area contributed by atoms with Crippen molar-refractivity contribution in [3.63, 3.8) is 0 Å². The van der Waals surface area contributed by atoms with Gasteiger partial charge in [0, 0.05) is 12.4 Å². The molecule has 0 unspecified atom stereocenters. The van der Waals surface area contributed by atoms with Crippen LogP contribution in [0, 0.1) is 0 Å². The molecule has 0 saturated carbocycles. The summed E-state index contributed by atoms with van der Waals surface area (Å²) in [6.07, 6.45) is 3.76. The standard InChI is InChI=1S/C24H23N3O3S/c1-3-30-19-8-6-17(7-9-19)13-23(28)27(16-18-5-4-12-25-15-18)24-26-21-11-10-20(29-2)14-22(21)31-24/h4-12,14-15H,3,13,16H2,1-2H3. The van der Waals surface area contributed by atoms with Crippen molar-refractivity contribution in [3.05, 3.63) is 78.1 Å². The first-order valence-corrected chi connectivity index (χ1v) is 10.8. The predicted molar refractivity (Wildman–Crippen MR) is 123 cm³/mol. The van der Waals surface area contributed by atoms with E-state index in [9.17, 15) is 4.79 Å². The molecule has 0 aliphatic carbocycles. The summed E-state index contributed by atoms with van der Waals surface area (Å²) in [5.41, 5.74) is 2.71. The molecule has 0 N–H and O–H groups in total. The van der Waals surface area contributed by atoms with Gasteiger partial charge in [-0.2, -0.15) is 0 Å². The average Bonchev–Trinajstić information content (AvgIpc) is 3.22. The number of methoxy groups -OCH3 is 1. The molecular formula is C24H23N3O3S. The quantitative estimate of drug-likeness (QED) is 0.396. The van der Waals surface area contributed by atoms with E-state index in [2.05, 4.69) is 4.98 Å². The monoisotopic (exact) mass is 433 g/mol. The van der Waals surface area contributed by atoms with E-state index >= 15 is 0 Å². The first-order valence-electron chi connectivity index (χ1n) is 10.0. The number of aromatic nitrogens is 2. The molecule has 0 bridgehead atoms. The van der Waals surface area contributed by atoms with E-state index in [0.717, 1.165) is 32.8 Å². The third-order valence-corrected chi connectivity index (χ3v) is 5.81. The number of hydrogen-bond donors (Lipinski definition) is 0. The first kappa shape index (κ1) is 20.8. The van der Waals surface area contributed by atoms with Crippen molar-refractivity contribution in [1.29, 1.82) is 0 Å². The summed E-state index contributed by atoms with van der Waals surface area (Å²) in [7, 11) is 1.64. The summed E-state index contributed by atoms with van der Waals surface area (Å²) in [4.78, 5) is 24.0. The topological polar surface area (TPSA) is 64.5 Å². The van der Waals surface area contributed by atoms with E-state index in [1.165, 1.54) is 11.3 Å². The second kappa shape index (κ2) is 9.57. The number of thiazole rings is 1. The third-order valence-electron chi connectivity index (χ3n) is 4.77. The van der Waals surface area contributed by atoms with Crippen LogP contribution >= 0.6 is 11.3 Å². The van der Waals surface area contributed by atoms with E-state index in [-0.39, 0.29) is 12.3 Å². The molecular weight excluding hydrogens is 410 g/mol. The number of nitrogens with zero attached hydrogens (tertiary/aromatic N) is 3. The molecule has 158 valence electrons. The molecule has 6 nitrogen and oxygen atoms in total. The van der Waals surface area contributed by atoms with Crippen LogP contribution in [-0.2, 0) is 17.8 Å². The minimum absolute atomic E-state index is 0.0287. The Morgan fingerprint density at radius 1 is 1.06 bits per heavy atom. The van der Waals surface area contributed by atoms with Gasteiger partial charge in [-0.3, -0.25) is 14.7 Å². The van der Waals surface area contributed by atoms with E-state index < -0.39 is 0 Å². The maximum absolute atomic E-state index is 13.3. The molecule has 4 aromatic rings. The van der Waals surface area contributed by atoms with Gasteiger partial charge in [-0.25, -0.2) is 4.98 Å². The SMILES string of the molecule is CCOc1ccc(CC(=O)N(Cc2cccnc2)c2nc3ccc(OC)cc3s2)cc1. The third kappa shape index (κ3) is 5.00. The van der Waals surface area contributed by atoms with Crippen molar-refractivity contribution in [2.24, 2.45) is 0 Å². The van der Waals surface area contributed by atoms with Crippen LogP contribution in [0.3, 0.4) is 0 Å². The zero-order valence-corrected chi connectivity index (χ0v) is 18.3. The van der Waals surface area contributed by atoms with Crippen molar-refractivity contribution in [2.75, 3.05) is 18.6 Å². The van der Waals surface area contributed by atoms with Crippen molar-refractivity contribution in [3.8, 4) is 11.5 Å². The number of amides is 1. The Labute approximate surface area is 185 Å². The first-order chi connectivity index (χ1) is 15.2. The lowest BCUT2D eigenvalue weighted by molar-refractivity contribution is -0.118. The van der Waals surface area contributed by atoms with Gasteiger partial charge in [0.15, 0.2) is 5.13 Å². The molecule has 2 aromatic carbocycles. The molecule has 0 aliphatic heterocycles. The largest absolute Gasteiger partial charge is 0.497 e. The van der Waals surface area contributed by atoms with Crippen molar-refractivity contribution in [2.45, 2.75) is 19.9 Å². The minimum Gasteiger partial charge on any atom is -0.497 e. The molecule has 0 aliphatic rings. The Hall–Kier alpha value is -3.45. The summed E-state index contributed by atoms with van der Waals surface area (Å²) in [5, 5.41) is 0.656. The van der Waals surface area contributed by atoms with Gasteiger partial charge in [-0.15, -0.1) is 0 Å². The van der Waals surface area contributed by atoms with Crippen LogP contribution in [0.5, 0.6) is 11.5 Å². The average molecular weight is 434 g/mol. The number of hydrogen-bond acceptors (Lipinski definition) is 6. The number of carbonyl (C=O) groups is 1. The highest BCUT2D eigenvalue weighted by atomic mass is 32.1. The van der Waals surface area contributed by atoms with Crippen molar-refractivity contribution >= 4 is 32.6 Å². The molecule has 0 saturated heterocycles. The van der Waals surface area contributed by atoms with Gasteiger partial charge >= 0.3 is 0 Å². The molecule has 0 atom stereocenters. The van der Waals surface area contributed by atoms with Crippen LogP contribution in [0.1, 0.15) is 18.1 Å². The minimum atomic E-state index is -0.0287. The molecule has 2 heterocycles. The Bertz CT molecular complexity index is 1160. The van der Waals surface area contributed by atoms with E-state index in [4.69, 9.17) is 14.5 Å². The van der Waals surface area contributed by atoms with Crippen LogP contribution in [0.15, 0.2) is 67.0 Å². The fourth-order valence-corrected chi connectivity index (χ4v) is 4.22. The van der Waals surface area contributed by atoms with Crippen LogP contribution in [0.25, 0.3) is 10.2 Å². The number of ether oxygens (including phenoxy) is 2. The molecule has 0 fully saturated rings. The van der Waals surface area contributed by atoms with Gasteiger partial charge in [-0.1, -0.05) is 29.5 Å². The zero-order chi connectivity index (χ0) is 21.6. The van der Waals surface area contributed by atoms with Crippen LogP contribution < -0.4 is 14.4 Å².